The molecular weight excluding hydrogens is 388 g/mol. The number of amides is 1. The topological polar surface area (TPSA) is 88.4 Å². The Balaban J connectivity index is 1.75. The van der Waals surface area contributed by atoms with Crippen molar-refractivity contribution in [2.45, 2.75) is 44.6 Å². The molecule has 0 radical (unpaired) electrons. The highest BCUT2D eigenvalue weighted by atomic mass is 79.9. The molecule has 7 heteroatoms. The number of ether oxygens (including phenoxy) is 2. The van der Waals surface area contributed by atoms with Gasteiger partial charge in [-0.2, -0.15) is 5.26 Å². The summed E-state index contributed by atoms with van der Waals surface area (Å²) in [5.74, 6) is -0.580. The summed E-state index contributed by atoms with van der Waals surface area (Å²) < 4.78 is 11.0. The second kappa shape index (κ2) is 8.86. The molecule has 1 aliphatic carbocycles. The van der Waals surface area contributed by atoms with Crippen molar-refractivity contribution in [1.82, 2.24) is 5.32 Å². The molecule has 1 aliphatic rings. The number of rotatable bonds is 6. The van der Waals surface area contributed by atoms with E-state index in [1.807, 2.05) is 19.1 Å². The first-order chi connectivity index (χ1) is 11.9. The lowest BCUT2D eigenvalue weighted by molar-refractivity contribution is -0.150. The fourth-order valence-electron chi connectivity index (χ4n) is 2.77. The van der Waals surface area contributed by atoms with Gasteiger partial charge in [-0.3, -0.25) is 4.79 Å². The van der Waals surface area contributed by atoms with Crippen molar-refractivity contribution < 1.29 is 19.1 Å². The molecule has 1 N–H and O–H groups in total. The number of halogens is 1. The third-order valence-corrected chi connectivity index (χ3v) is 4.72. The Bertz CT molecular complexity index is 678. The molecule has 1 aromatic carbocycles. The van der Waals surface area contributed by atoms with Crippen molar-refractivity contribution >= 4 is 27.8 Å². The van der Waals surface area contributed by atoms with Crippen LogP contribution in [0.3, 0.4) is 0 Å². The fraction of sp³-hybridized carbons (Fsp3) is 0.500. The first kappa shape index (κ1) is 19.3. The maximum Gasteiger partial charge on any atom is 0.344 e. The molecule has 2 rings (SSSR count). The number of aryl methyl sites for hydroxylation is 1. The quantitative estimate of drug-likeness (QED) is 0.730. The van der Waals surface area contributed by atoms with Crippen LogP contribution in [0.1, 0.15) is 37.7 Å². The van der Waals surface area contributed by atoms with Crippen LogP contribution in [-0.2, 0) is 14.3 Å². The van der Waals surface area contributed by atoms with Gasteiger partial charge in [0, 0.05) is 0 Å². The Morgan fingerprint density at radius 1 is 1.28 bits per heavy atom. The molecule has 0 aliphatic heterocycles. The standard InChI is InChI=1S/C18H21BrN2O4/c1-13-5-6-15(14(19)9-13)24-11-17(23)25-10-16(22)21-18(12-20)7-3-2-4-8-18/h5-6,9H,2-4,7-8,10-11H2,1H3,(H,21,22). The number of carbonyl (C=O) groups excluding carboxylic acids is 2. The average Bonchev–Trinajstić information content (AvgIpc) is 2.60. The minimum Gasteiger partial charge on any atom is -0.481 e. The zero-order chi connectivity index (χ0) is 18.3. The predicted octanol–water partition coefficient (Wildman–Crippen LogP) is 3.02. The molecule has 0 unspecified atom stereocenters. The number of nitrogens with one attached hydrogen (secondary N) is 1. The number of hydrogen-bond acceptors (Lipinski definition) is 5. The van der Waals surface area contributed by atoms with Gasteiger partial charge >= 0.3 is 5.97 Å². The minimum atomic E-state index is -0.828. The molecule has 0 atom stereocenters. The molecule has 134 valence electrons. The second-order valence-corrected chi connectivity index (χ2v) is 7.04. The molecule has 0 saturated heterocycles. The van der Waals surface area contributed by atoms with Gasteiger partial charge in [0.15, 0.2) is 13.2 Å². The highest BCUT2D eigenvalue weighted by Crippen LogP contribution is 2.27. The summed E-state index contributed by atoms with van der Waals surface area (Å²) in [6.07, 6.45) is 4.15. The van der Waals surface area contributed by atoms with E-state index in [-0.39, 0.29) is 6.61 Å². The van der Waals surface area contributed by atoms with Gasteiger partial charge in [0.05, 0.1) is 10.5 Å². The molecule has 0 spiro atoms. The van der Waals surface area contributed by atoms with Crippen LogP contribution >= 0.6 is 15.9 Å². The first-order valence-electron chi connectivity index (χ1n) is 8.21. The SMILES string of the molecule is Cc1ccc(OCC(=O)OCC(=O)NC2(C#N)CCCCC2)c(Br)c1. The smallest absolute Gasteiger partial charge is 0.344 e. The normalized spacial score (nSPS) is 15.7. The number of esters is 1. The summed E-state index contributed by atoms with van der Waals surface area (Å²) in [4.78, 5) is 23.7. The predicted molar refractivity (Wildman–Crippen MR) is 94.9 cm³/mol. The van der Waals surface area contributed by atoms with E-state index in [0.717, 1.165) is 29.3 Å². The Morgan fingerprint density at radius 2 is 2.00 bits per heavy atom. The first-order valence-corrected chi connectivity index (χ1v) is 9.00. The van der Waals surface area contributed by atoms with Crippen LogP contribution in [0.2, 0.25) is 0 Å². The lowest BCUT2D eigenvalue weighted by Crippen LogP contribution is -2.50. The van der Waals surface area contributed by atoms with E-state index in [4.69, 9.17) is 9.47 Å². The van der Waals surface area contributed by atoms with E-state index in [1.54, 1.807) is 6.07 Å². The van der Waals surface area contributed by atoms with E-state index in [0.29, 0.717) is 18.6 Å². The number of carbonyl (C=O) groups is 2. The van der Waals surface area contributed by atoms with Crippen LogP contribution in [-0.4, -0.2) is 30.6 Å². The monoisotopic (exact) mass is 408 g/mol. The van der Waals surface area contributed by atoms with Crippen LogP contribution in [0.25, 0.3) is 0 Å². The Hall–Kier alpha value is -2.07. The number of hydrogen-bond donors (Lipinski definition) is 1. The Labute approximate surface area is 155 Å². The van der Waals surface area contributed by atoms with Gasteiger partial charge < -0.3 is 14.8 Å². The van der Waals surface area contributed by atoms with Crippen molar-refractivity contribution in [3.8, 4) is 11.8 Å². The van der Waals surface area contributed by atoms with Crippen LogP contribution in [0.15, 0.2) is 22.7 Å². The van der Waals surface area contributed by atoms with Crippen LogP contribution < -0.4 is 10.1 Å². The maximum absolute atomic E-state index is 12.0. The number of nitriles is 1. The maximum atomic E-state index is 12.0. The van der Waals surface area contributed by atoms with E-state index < -0.39 is 24.0 Å². The van der Waals surface area contributed by atoms with Gasteiger partial charge in [0.2, 0.25) is 0 Å². The van der Waals surface area contributed by atoms with Crippen LogP contribution in [0.5, 0.6) is 5.75 Å². The van der Waals surface area contributed by atoms with Crippen molar-refractivity contribution in [1.29, 1.82) is 5.26 Å². The molecule has 0 heterocycles. The molecule has 25 heavy (non-hydrogen) atoms. The molecule has 1 saturated carbocycles. The molecule has 1 aromatic rings. The van der Waals surface area contributed by atoms with Crippen molar-refractivity contribution in [3.63, 3.8) is 0 Å². The lowest BCUT2D eigenvalue weighted by Gasteiger charge is -2.31. The van der Waals surface area contributed by atoms with E-state index in [2.05, 4.69) is 27.3 Å². The zero-order valence-corrected chi connectivity index (χ0v) is 15.7. The Morgan fingerprint density at radius 3 is 2.64 bits per heavy atom. The summed E-state index contributed by atoms with van der Waals surface area (Å²) >= 11 is 3.36. The van der Waals surface area contributed by atoms with Gasteiger partial charge in [-0.25, -0.2) is 4.79 Å². The second-order valence-electron chi connectivity index (χ2n) is 6.19. The summed E-state index contributed by atoms with van der Waals surface area (Å²) in [6.45, 7) is 1.24. The number of nitrogens with zero attached hydrogens (tertiary/aromatic N) is 1. The molecule has 0 bridgehead atoms. The number of benzene rings is 1. The average molecular weight is 409 g/mol. The zero-order valence-electron chi connectivity index (χ0n) is 14.1. The van der Waals surface area contributed by atoms with Gasteiger partial charge in [0.25, 0.3) is 5.91 Å². The summed E-state index contributed by atoms with van der Waals surface area (Å²) in [5, 5.41) is 12.0. The van der Waals surface area contributed by atoms with Crippen molar-refractivity contribution in [2.75, 3.05) is 13.2 Å². The fourth-order valence-corrected chi connectivity index (χ4v) is 3.38. The van der Waals surface area contributed by atoms with Crippen molar-refractivity contribution in [2.24, 2.45) is 0 Å². The molecule has 0 aromatic heterocycles. The molecule has 1 amide bonds. The van der Waals surface area contributed by atoms with Gasteiger partial charge in [-0.15, -0.1) is 0 Å². The summed E-state index contributed by atoms with van der Waals surface area (Å²) in [6, 6.07) is 7.68. The molecular formula is C18H21BrN2O4. The lowest BCUT2D eigenvalue weighted by atomic mass is 9.83. The third-order valence-electron chi connectivity index (χ3n) is 4.10. The van der Waals surface area contributed by atoms with Crippen molar-refractivity contribution in [3.05, 3.63) is 28.2 Å². The van der Waals surface area contributed by atoms with Gasteiger partial charge in [0.1, 0.15) is 11.3 Å². The minimum absolute atomic E-state index is 0.293. The summed E-state index contributed by atoms with van der Waals surface area (Å²) in [5.41, 5.74) is 0.234. The molecule has 6 nitrogen and oxygen atoms in total. The summed E-state index contributed by atoms with van der Waals surface area (Å²) in [7, 11) is 0. The third kappa shape index (κ3) is 5.75. The highest BCUT2D eigenvalue weighted by Gasteiger charge is 2.33. The molecule has 1 fully saturated rings. The van der Waals surface area contributed by atoms with Crippen LogP contribution in [0.4, 0.5) is 0 Å². The Kier molecular flexibility index (Phi) is 6.82. The van der Waals surface area contributed by atoms with E-state index in [9.17, 15) is 14.9 Å². The van der Waals surface area contributed by atoms with Gasteiger partial charge in [-0.05, 0) is 53.4 Å². The van der Waals surface area contributed by atoms with Crippen LogP contribution in [0, 0.1) is 18.3 Å². The van der Waals surface area contributed by atoms with E-state index in [1.165, 1.54) is 0 Å². The van der Waals surface area contributed by atoms with E-state index >= 15 is 0 Å². The highest BCUT2D eigenvalue weighted by molar-refractivity contribution is 9.10. The van der Waals surface area contributed by atoms with Gasteiger partial charge in [-0.1, -0.05) is 25.3 Å². The largest absolute Gasteiger partial charge is 0.481 e.